The Morgan fingerprint density at radius 2 is 2.29 bits per heavy atom. The first-order valence-corrected chi connectivity index (χ1v) is 7.72. The largest absolute Gasteiger partial charge is 0.373 e. The van der Waals surface area contributed by atoms with Gasteiger partial charge in [-0.2, -0.15) is 0 Å². The predicted octanol–water partition coefficient (Wildman–Crippen LogP) is 2.84. The third-order valence-corrected chi connectivity index (χ3v) is 4.45. The summed E-state index contributed by atoms with van der Waals surface area (Å²) in [5.74, 6) is 1.58. The molecule has 0 aromatic carbocycles. The van der Waals surface area contributed by atoms with Crippen LogP contribution in [0.1, 0.15) is 30.0 Å². The lowest BCUT2D eigenvalue weighted by molar-refractivity contribution is 0.196. The van der Waals surface area contributed by atoms with Crippen molar-refractivity contribution in [3.8, 4) is 0 Å². The Labute approximate surface area is 126 Å². The molecule has 3 heterocycles. The molecule has 1 saturated heterocycles. The second-order valence-electron chi connectivity index (χ2n) is 5.91. The van der Waals surface area contributed by atoms with Crippen molar-refractivity contribution in [1.82, 2.24) is 14.5 Å². The molecule has 1 N–H and O–H groups in total. The van der Waals surface area contributed by atoms with Gasteiger partial charge in [-0.3, -0.25) is 4.90 Å². The summed E-state index contributed by atoms with van der Waals surface area (Å²) in [6.07, 6.45) is 6.58. The van der Waals surface area contributed by atoms with Crippen molar-refractivity contribution in [3.05, 3.63) is 47.9 Å². The standard InChI is InChI=1S/C17H24N4/c1-18-17-11-14(7-8-19-17)15-5-3-10-21(12-15)13-16-6-4-9-20(16)2/h4,6-9,11,15H,3,5,10,12-13H2,1-2H3,(H,18,19). The van der Waals surface area contributed by atoms with Gasteiger partial charge in [0.15, 0.2) is 0 Å². The highest BCUT2D eigenvalue weighted by Gasteiger charge is 2.22. The van der Waals surface area contributed by atoms with Crippen LogP contribution in [0.4, 0.5) is 5.82 Å². The molecule has 1 unspecified atom stereocenters. The number of hydrogen-bond donors (Lipinski definition) is 1. The second kappa shape index (κ2) is 6.31. The van der Waals surface area contributed by atoms with Gasteiger partial charge in [0.05, 0.1) is 0 Å². The van der Waals surface area contributed by atoms with Crippen LogP contribution in [0.3, 0.4) is 0 Å². The molecule has 0 saturated carbocycles. The van der Waals surface area contributed by atoms with Gasteiger partial charge in [0.25, 0.3) is 0 Å². The number of hydrogen-bond acceptors (Lipinski definition) is 3. The van der Waals surface area contributed by atoms with Gasteiger partial charge in [-0.05, 0) is 55.1 Å². The lowest BCUT2D eigenvalue weighted by atomic mass is 9.91. The van der Waals surface area contributed by atoms with Crippen molar-refractivity contribution < 1.29 is 0 Å². The molecule has 3 rings (SSSR count). The molecule has 0 bridgehead atoms. The van der Waals surface area contributed by atoms with Crippen molar-refractivity contribution in [2.75, 3.05) is 25.5 Å². The molecule has 4 heteroatoms. The molecule has 2 aromatic rings. The Kier molecular flexibility index (Phi) is 4.25. The van der Waals surface area contributed by atoms with Crippen LogP contribution in [0.25, 0.3) is 0 Å². The van der Waals surface area contributed by atoms with E-state index in [2.05, 4.69) is 57.3 Å². The summed E-state index contributed by atoms with van der Waals surface area (Å²) >= 11 is 0. The zero-order valence-electron chi connectivity index (χ0n) is 12.9. The number of aryl methyl sites for hydroxylation is 1. The quantitative estimate of drug-likeness (QED) is 0.937. The van der Waals surface area contributed by atoms with Crippen LogP contribution >= 0.6 is 0 Å². The van der Waals surface area contributed by atoms with Crippen LogP contribution in [0.2, 0.25) is 0 Å². The summed E-state index contributed by atoms with van der Waals surface area (Å²) in [4.78, 5) is 6.89. The molecule has 0 spiro atoms. The monoisotopic (exact) mass is 284 g/mol. The molecule has 1 fully saturated rings. The molecular formula is C17H24N4. The lowest BCUT2D eigenvalue weighted by Crippen LogP contribution is -2.34. The number of aromatic nitrogens is 2. The SMILES string of the molecule is CNc1cc(C2CCCN(Cc3cccn3C)C2)ccn1. The third kappa shape index (κ3) is 3.27. The molecule has 1 aliphatic rings. The van der Waals surface area contributed by atoms with E-state index in [-0.39, 0.29) is 0 Å². The molecule has 0 amide bonds. The van der Waals surface area contributed by atoms with E-state index in [4.69, 9.17) is 0 Å². The number of likely N-dealkylation sites (tertiary alicyclic amines) is 1. The van der Waals surface area contributed by atoms with Crippen LogP contribution in [0.5, 0.6) is 0 Å². The third-order valence-electron chi connectivity index (χ3n) is 4.45. The minimum Gasteiger partial charge on any atom is -0.373 e. The van der Waals surface area contributed by atoms with Crippen LogP contribution in [0, 0.1) is 0 Å². The van der Waals surface area contributed by atoms with Gasteiger partial charge in [0.1, 0.15) is 5.82 Å². The van der Waals surface area contributed by atoms with E-state index < -0.39 is 0 Å². The minimum absolute atomic E-state index is 0.620. The fraction of sp³-hybridized carbons (Fsp3) is 0.471. The summed E-state index contributed by atoms with van der Waals surface area (Å²) in [6.45, 7) is 3.38. The van der Waals surface area contributed by atoms with E-state index in [1.165, 1.54) is 30.6 Å². The first-order chi connectivity index (χ1) is 10.3. The maximum absolute atomic E-state index is 4.32. The van der Waals surface area contributed by atoms with Gasteiger partial charge in [-0.25, -0.2) is 4.98 Å². The second-order valence-corrected chi connectivity index (χ2v) is 5.91. The summed E-state index contributed by atoms with van der Waals surface area (Å²) < 4.78 is 2.22. The minimum atomic E-state index is 0.620. The molecular weight excluding hydrogens is 260 g/mol. The average molecular weight is 284 g/mol. The number of rotatable bonds is 4. The first-order valence-electron chi connectivity index (χ1n) is 7.72. The molecule has 1 aliphatic heterocycles. The number of nitrogens with zero attached hydrogens (tertiary/aromatic N) is 3. The van der Waals surface area contributed by atoms with Crippen molar-refractivity contribution in [1.29, 1.82) is 0 Å². The Balaban J connectivity index is 1.69. The van der Waals surface area contributed by atoms with Gasteiger partial charge in [-0.1, -0.05) is 0 Å². The van der Waals surface area contributed by atoms with E-state index in [1.807, 2.05) is 13.2 Å². The van der Waals surface area contributed by atoms with Crippen molar-refractivity contribution in [2.45, 2.75) is 25.3 Å². The number of nitrogens with one attached hydrogen (secondary N) is 1. The lowest BCUT2D eigenvalue weighted by Gasteiger charge is -2.33. The van der Waals surface area contributed by atoms with Crippen LogP contribution < -0.4 is 5.32 Å². The van der Waals surface area contributed by atoms with Crippen LogP contribution in [-0.2, 0) is 13.6 Å². The molecule has 0 aliphatic carbocycles. The highest BCUT2D eigenvalue weighted by atomic mass is 15.1. The van der Waals surface area contributed by atoms with Crippen molar-refractivity contribution >= 4 is 5.82 Å². The smallest absolute Gasteiger partial charge is 0.125 e. The van der Waals surface area contributed by atoms with Gasteiger partial charge >= 0.3 is 0 Å². The first kappa shape index (κ1) is 14.1. The highest BCUT2D eigenvalue weighted by Crippen LogP contribution is 2.28. The van der Waals surface area contributed by atoms with Gasteiger partial charge in [-0.15, -0.1) is 0 Å². The van der Waals surface area contributed by atoms with E-state index in [0.29, 0.717) is 5.92 Å². The number of pyridine rings is 1. The Morgan fingerprint density at radius 3 is 3.05 bits per heavy atom. The van der Waals surface area contributed by atoms with Gasteiger partial charge in [0.2, 0.25) is 0 Å². The summed E-state index contributed by atoms with van der Waals surface area (Å²) in [7, 11) is 4.05. The Hall–Kier alpha value is -1.81. The van der Waals surface area contributed by atoms with Crippen LogP contribution in [-0.4, -0.2) is 34.6 Å². The summed E-state index contributed by atoms with van der Waals surface area (Å²) in [5, 5.41) is 3.13. The summed E-state index contributed by atoms with van der Waals surface area (Å²) in [5.41, 5.74) is 2.80. The predicted molar refractivity (Wildman–Crippen MR) is 86.4 cm³/mol. The fourth-order valence-electron chi connectivity index (χ4n) is 3.20. The van der Waals surface area contributed by atoms with Crippen molar-refractivity contribution in [3.63, 3.8) is 0 Å². The van der Waals surface area contributed by atoms with Gasteiger partial charge < -0.3 is 9.88 Å². The molecule has 0 radical (unpaired) electrons. The molecule has 2 aromatic heterocycles. The Bertz CT molecular complexity index is 590. The van der Waals surface area contributed by atoms with E-state index >= 15 is 0 Å². The molecule has 112 valence electrons. The summed E-state index contributed by atoms with van der Waals surface area (Å²) in [6, 6.07) is 8.70. The number of piperidine rings is 1. The zero-order chi connectivity index (χ0) is 14.7. The van der Waals surface area contributed by atoms with E-state index in [9.17, 15) is 0 Å². The normalized spacial score (nSPS) is 19.6. The number of anilines is 1. The van der Waals surface area contributed by atoms with Crippen molar-refractivity contribution in [2.24, 2.45) is 7.05 Å². The Morgan fingerprint density at radius 1 is 1.38 bits per heavy atom. The zero-order valence-corrected chi connectivity index (χ0v) is 12.9. The highest BCUT2D eigenvalue weighted by molar-refractivity contribution is 5.38. The molecule has 4 nitrogen and oxygen atoms in total. The van der Waals surface area contributed by atoms with E-state index in [1.54, 1.807) is 0 Å². The maximum atomic E-state index is 4.32. The molecule has 1 atom stereocenters. The average Bonchev–Trinajstić information content (AvgIpc) is 2.93. The van der Waals surface area contributed by atoms with Crippen LogP contribution in [0.15, 0.2) is 36.7 Å². The van der Waals surface area contributed by atoms with Gasteiger partial charge in [0, 0.05) is 45.3 Å². The molecule has 21 heavy (non-hydrogen) atoms. The van der Waals surface area contributed by atoms with E-state index in [0.717, 1.165) is 18.9 Å². The maximum Gasteiger partial charge on any atom is 0.125 e. The topological polar surface area (TPSA) is 33.1 Å². The fourth-order valence-corrected chi connectivity index (χ4v) is 3.20.